The molecule has 0 spiro atoms. The second kappa shape index (κ2) is 6.96. The topological polar surface area (TPSA) is 70.6 Å². The third kappa shape index (κ3) is 3.56. The van der Waals surface area contributed by atoms with Gasteiger partial charge in [0.15, 0.2) is 9.84 Å². The van der Waals surface area contributed by atoms with Crippen LogP contribution in [0.1, 0.15) is 28.8 Å². The van der Waals surface area contributed by atoms with Gasteiger partial charge in [0.2, 0.25) is 0 Å². The van der Waals surface area contributed by atoms with Gasteiger partial charge in [-0.25, -0.2) is 8.42 Å². The summed E-state index contributed by atoms with van der Waals surface area (Å²) in [5.74, 6) is 0.0109. The van der Waals surface area contributed by atoms with Crippen molar-refractivity contribution >= 4 is 27.1 Å². The molecule has 1 aromatic carbocycles. The molecule has 3 heterocycles. The zero-order valence-electron chi connectivity index (χ0n) is 15.3. The number of benzene rings is 1. The lowest BCUT2D eigenvalue weighted by Crippen LogP contribution is -2.38. The van der Waals surface area contributed by atoms with E-state index in [1.54, 1.807) is 24.3 Å². The molecule has 0 radical (unpaired) electrons. The van der Waals surface area contributed by atoms with Crippen LogP contribution in [0.5, 0.6) is 0 Å². The van der Waals surface area contributed by atoms with E-state index in [4.69, 9.17) is 0 Å². The fraction of sp³-hybridized carbons (Fsp3) is 0.400. The summed E-state index contributed by atoms with van der Waals surface area (Å²) in [6.45, 7) is 0.882. The quantitative estimate of drug-likeness (QED) is 0.812. The fourth-order valence-corrected chi connectivity index (χ4v) is 5.72. The normalized spacial score (nSPS) is 20.9. The number of rotatable bonds is 3. The predicted octanol–water partition coefficient (Wildman–Crippen LogP) is 2.43. The first-order chi connectivity index (χ1) is 12.9. The van der Waals surface area contributed by atoms with Gasteiger partial charge >= 0.3 is 0 Å². The molecule has 1 saturated heterocycles. The van der Waals surface area contributed by atoms with E-state index in [0.29, 0.717) is 12.0 Å². The van der Waals surface area contributed by atoms with Crippen LogP contribution < -0.4 is 4.90 Å². The Kier molecular flexibility index (Phi) is 4.63. The van der Waals surface area contributed by atoms with Crippen molar-refractivity contribution < 1.29 is 13.2 Å². The highest BCUT2D eigenvalue weighted by molar-refractivity contribution is 7.91. The predicted molar refractivity (Wildman–Crippen MR) is 105 cm³/mol. The van der Waals surface area contributed by atoms with Crippen molar-refractivity contribution in [3.05, 3.63) is 53.9 Å². The first-order valence-corrected chi connectivity index (χ1v) is 11.0. The Bertz CT molecular complexity index is 974. The molecule has 1 atom stereocenters. The number of amides is 1. The number of fused-ring (bicyclic) bond motifs is 1. The molecule has 4 rings (SSSR count). The Morgan fingerprint density at radius 3 is 2.85 bits per heavy atom. The van der Waals surface area contributed by atoms with Gasteiger partial charge in [0, 0.05) is 31.5 Å². The van der Waals surface area contributed by atoms with Crippen molar-refractivity contribution in [2.45, 2.75) is 25.3 Å². The molecule has 1 fully saturated rings. The number of carbonyl (C=O) groups is 1. The maximum Gasteiger partial charge on any atom is 0.255 e. The number of aryl methyl sites for hydroxylation is 1. The summed E-state index contributed by atoms with van der Waals surface area (Å²) in [6, 6.07) is 9.90. The van der Waals surface area contributed by atoms with Crippen molar-refractivity contribution in [1.29, 1.82) is 0 Å². The van der Waals surface area contributed by atoms with Gasteiger partial charge < -0.3 is 9.80 Å². The molecule has 1 amide bonds. The van der Waals surface area contributed by atoms with Crippen molar-refractivity contribution in [1.82, 2.24) is 9.88 Å². The van der Waals surface area contributed by atoms with Crippen LogP contribution in [-0.4, -0.2) is 55.3 Å². The van der Waals surface area contributed by atoms with E-state index in [0.717, 1.165) is 30.8 Å². The molecular formula is C20H23N3O3S. The first kappa shape index (κ1) is 18.0. The maximum absolute atomic E-state index is 12.9. The van der Waals surface area contributed by atoms with Crippen molar-refractivity contribution in [2.24, 2.45) is 0 Å². The highest BCUT2D eigenvalue weighted by atomic mass is 32.2. The minimum Gasteiger partial charge on any atom is -0.340 e. The van der Waals surface area contributed by atoms with Crippen LogP contribution in [0.15, 0.2) is 42.7 Å². The number of para-hydroxylation sites is 1. The molecule has 7 heteroatoms. The Balaban J connectivity index is 1.59. The first-order valence-electron chi connectivity index (χ1n) is 9.23. The van der Waals surface area contributed by atoms with Crippen LogP contribution in [0.25, 0.3) is 0 Å². The lowest BCUT2D eigenvalue weighted by Gasteiger charge is -2.31. The minimum absolute atomic E-state index is 0.0435. The van der Waals surface area contributed by atoms with E-state index in [1.165, 1.54) is 5.56 Å². The van der Waals surface area contributed by atoms with Gasteiger partial charge in [0.05, 0.1) is 29.0 Å². The number of pyridine rings is 1. The third-order valence-electron chi connectivity index (χ3n) is 5.47. The molecular weight excluding hydrogens is 362 g/mol. The van der Waals surface area contributed by atoms with Crippen molar-refractivity contribution in [3.8, 4) is 0 Å². The van der Waals surface area contributed by atoms with E-state index < -0.39 is 9.84 Å². The van der Waals surface area contributed by atoms with Crippen LogP contribution in [0, 0.1) is 0 Å². The van der Waals surface area contributed by atoms with Crippen LogP contribution in [0.3, 0.4) is 0 Å². The van der Waals surface area contributed by atoms with Crippen molar-refractivity contribution in [3.63, 3.8) is 0 Å². The Labute approximate surface area is 159 Å². The monoisotopic (exact) mass is 385 g/mol. The Hall–Kier alpha value is -2.41. The zero-order chi connectivity index (χ0) is 19.0. The van der Waals surface area contributed by atoms with Crippen molar-refractivity contribution in [2.75, 3.05) is 30.0 Å². The molecule has 0 bridgehead atoms. The molecule has 142 valence electrons. The summed E-state index contributed by atoms with van der Waals surface area (Å²) in [4.78, 5) is 20.9. The molecule has 1 unspecified atom stereocenters. The number of anilines is 2. The molecule has 0 N–H and O–H groups in total. The van der Waals surface area contributed by atoms with Gasteiger partial charge in [-0.2, -0.15) is 0 Å². The van der Waals surface area contributed by atoms with E-state index in [1.807, 2.05) is 18.2 Å². The van der Waals surface area contributed by atoms with Gasteiger partial charge in [-0.1, -0.05) is 18.2 Å². The number of nitrogens with zero attached hydrogens (tertiary/aromatic N) is 3. The summed E-state index contributed by atoms with van der Waals surface area (Å²) < 4.78 is 23.5. The van der Waals surface area contributed by atoms with E-state index in [-0.39, 0.29) is 23.5 Å². The van der Waals surface area contributed by atoms with Gasteiger partial charge in [0.1, 0.15) is 0 Å². The van der Waals surface area contributed by atoms with E-state index >= 15 is 0 Å². The lowest BCUT2D eigenvalue weighted by molar-refractivity contribution is 0.0747. The van der Waals surface area contributed by atoms with Gasteiger partial charge in [-0.3, -0.25) is 9.78 Å². The van der Waals surface area contributed by atoms with Gasteiger partial charge in [-0.05, 0) is 37.0 Å². The van der Waals surface area contributed by atoms with Gasteiger partial charge in [-0.15, -0.1) is 0 Å². The second-order valence-corrected chi connectivity index (χ2v) is 9.52. The number of aromatic nitrogens is 1. The summed E-state index contributed by atoms with van der Waals surface area (Å²) in [7, 11) is -1.36. The molecule has 1 aromatic heterocycles. The van der Waals surface area contributed by atoms with E-state index in [9.17, 15) is 13.2 Å². The third-order valence-corrected chi connectivity index (χ3v) is 7.22. The molecule has 2 aliphatic rings. The molecule has 0 aliphatic carbocycles. The summed E-state index contributed by atoms with van der Waals surface area (Å²) in [6.07, 6.45) is 5.93. The van der Waals surface area contributed by atoms with Crippen LogP contribution in [0.2, 0.25) is 0 Å². The average Bonchev–Trinajstić information content (AvgIpc) is 3.06. The van der Waals surface area contributed by atoms with Crippen LogP contribution >= 0.6 is 0 Å². The average molecular weight is 385 g/mol. The fourth-order valence-electron chi connectivity index (χ4n) is 3.94. The molecule has 2 aliphatic heterocycles. The zero-order valence-corrected chi connectivity index (χ0v) is 16.2. The van der Waals surface area contributed by atoms with Crippen LogP contribution in [0.4, 0.5) is 11.4 Å². The molecule has 0 saturated carbocycles. The standard InChI is InChI=1S/C20H23N3O3S/c1-22(17-8-10-27(25,26)14-17)20(24)16-11-18(13-21-12-16)23-9-4-6-15-5-2-3-7-19(15)23/h2-3,5,7,11-13,17H,4,6,8-10,14H2,1H3. The number of sulfone groups is 1. The molecule has 6 nitrogen and oxygen atoms in total. The largest absolute Gasteiger partial charge is 0.340 e. The highest BCUT2D eigenvalue weighted by Gasteiger charge is 2.33. The minimum atomic E-state index is -3.03. The lowest BCUT2D eigenvalue weighted by atomic mass is 10.0. The number of carbonyl (C=O) groups excluding carboxylic acids is 1. The van der Waals surface area contributed by atoms with Gasteiger partial charge in [0.25, 0.3) is 5.91 Å². The summed E-state index contributed by atoms with van der Waals surface area (Å²) in [5, 5.41) is 0. The van der Waals surface area contributed by atoms with Crippen LogP contribution in [-0.2, 0) is 16.3 Å². The SMILES string of the molecule is CN(C(=O)c1cncc(N2CCCc3ccccc32)c1)C1CCS(=O)(=O)C1. The smallest absolute Gasteiger partial charge is 0.255 e. The number of hydrogen-bond donors (Lipinski definition) is 0. The maximum atomic E-state index is 12.9. The summed E-state index contributed by atoms with van der Waals surface area (Å²) >= 11 is 0. The second-order valence-electron chi connectivity index (χ2n) is 7.29. The highest BCUT2D eigenvalue weighted by Crippen LogP contribution is 2.33. The number of hydrogen-bond acceptors (Lipinski definition) is 5. The molecule has 27 heavy (non-hydrogen) atoms. The van der Waals surface area contributed by atoms with E-state index in [2.05, 4.69) is 22.0 Å². The Morgan fingerprint density at radius 2 is 2.07 bits per heavy atom. The molecule has 2 aromatic rings. The Morgan fingerprint density at radius 1 is 1.26 bits per heavy atom. The summed E-state index contributed by atoms with van der Waals surface area (Å²) in [5.41, 5.74) is 3.84.